The lowest BCUT2D eigenvalue weighted by Crippen LogP contribution is -2.52. The second kappa shape index (κ2) is 12.9. The van der Waals surface area contributed by atoms with E-state index in [1.807, 2.05) is 13.8 Å². The number of methoxy groups -OCH3 is 1. The minimum absolute atomic E-state index is 0.0429. The van der Waals surface area contributed by atoms with Gasteiger partial charge in [0.15, 0.2) is 0 Å². The van der Waals surface area contributed by atoms with Crippen molar-refractivity contribution in [3.8, 4) is 5.75 Å². The number of furan rings is 1. The molecular weight excluding hydrogens is 450 g/mol. The van der Waals surface area contributed by atoms with E-state index in [-0.39, 0.29) is 25.3 Å². The van der Waals surface area contributed by atoms with E-state index < -0.39 is 35.1 Å². The van der Waals surface area contributed by atoms with Crippen molar-refractivity contribution in [1.29, 1.82) is 0 Å². The number of carbonyl (C=O) groups excluding carboxylic acids is 3. The number of hydroxylamine groups is 1. The number of halogens is 1. The highest BCUT2D eigenvalue weighted by Gasteiger charge is 2.34. The summed E-state index contributed by atoms with van der Waals surface area (Å²) in [5, 5.41) is 13.1. The number of ether oxygens (including phenoxy) is 1. The van der Waals surface area contributed by atoms with Gasteiger partial charge in [-0.25, -0.2) is 5.48 Å². The van der Waals surface area contributed by atoms with Crippen LogP contribution in [-0.2, 0) is 27.3 Å². The van der Waals surface area contributed by atoms with E-state index >= 15 is 0 Å². The molecule has 4 N–H and O–H groups in total. The first kappa shape index (κ1) is 26.2. The molecule has 9 nitrogen and oxygen atoms in total. The zero-order valence-corrected chi connectivity index (χ0v) is 19.6. The fourth-order valence-electron chi connectivity index (χ4n) is 3.31. The van der Waals surface area contributed by atoms with E-state index in [0.717, 1.165) is 5.56 Å². The largest absolute Gasteiger partial charge is 0.497 e. The maximum Gasteiger partial charge on any atom is 0.262 e. The minimum Gasteiger partial charge on any atom is -0.497 e. The Bertz CT molecular complexity index is 901. The van der Waals surface area contributed by atoms with Gasteiger partial charge in [0.1, 0.15) is 22.9 Å². The van der Waals surface area contributed by atoms with Gasteiger partial charge in [0.05, 0.1) is 25.8 Å². The van der Waals surface area contributed by atoms with Crippen LogP contribution in [0.15, 0.2) is 47.1 Å². The van der Waals surface area contributed by atoms with Gasteiger partial charge in [-0.05, 0) is 42.2 Å². The number of hydrogen-bond acceptors (Lipinski definition) is 6. The smallest absolute Gasteiger partial charge is 0.262 e. The van der Waals surface area contributed by atoms with Gasteiger partial charge in [-0.15, -0.1) is 11.6 Å². The van der Waals surface area contributed by atoms with Crippen LogP contribution in [-0.4, -0.2) is 41.5 Å². The maximum absolute atomic E-state index is 13.1. The Balaban J connectivity index is 2.20. The number of hydrogen-bond donors (Lipinski definition) is 4. The highest BCUT2D eigenvalue weighted by atomic mass is 35.5. The highest BCUT2D eigenvalue weighted by molar-refractivity contribution is 6.32. The molecule has 0 aliphatic heterocycles. The molecule has 0 unspecified atom stereocenters. The molecule has 3 atom stereocenters. The van der Waals surface area contributed by atoms with Gasteiger partial charge in [0, 0.05) is 6.42 Å². The van der Waals surface area contributed by atoms with Crippen molar-refractivity contribution < 1.29 is 28.7 Å². The summed E-state index contributed by atoms with van der Waals surface area (Å²) in [4.78, 5) is 37.9. The maximum atomic E-state index is 13.1. The van der Waals surface area contributed by atoms with Crippen LogP contribution in [0.1, 0.15) is 31.6 Å². The van der Waals surface area contributed by atoms with Crippen molar-refractivity contribution >= 4 is 29.3 Å². The Hall–Kier alpha value is -3.04. The molecule has 10 heteroatoms. The average molecular weight is 480 g/mol. The molecule has 180 valence electrons. The molecule has 33 heavy (non-hydrogen) atoms. The van der Waals surface area contributed by atoms with Crippen LogP contribution in [0, 0.1) is 11.8 Å². The average Bonchev–Trinajstić information content (AvgIpc) is 3.33. The van der Waals surface area contributed by atoms with E-state index in [4.69, 9.17) is 26.0 Å². The monoisotopic (exact) mass is 479 g/mol. The molecule has 1 aromatic heterocycles. The van der Waals surface area contributed by atoms with Crippen LogP contribution < -0.4 is 20.9 Å². The third kappa shape index (κ3) is 8.11. The number of alkyl halides is 1. The summed E-state index contributed by atoms with van der Waals surface area (Å²) >= 11 is 6.16. The molecule has 0 aliphatic carbocycles. The first-order chi connectivity index (χ1) is 15.7. The van der Waals surface area contributed by atoms with Crippen molar-refractivity contribution in [1.82, 2.24) is 16.1 Å². The number of rotatable bonds is 12. The fraction of sp³-hybridized carbons (Fsp3) is 0.435. The zero-order valence-electron chi connectivity index (χ0n) is 18.8. The van der Waals surface area contributed by atoms with E-state index in [2.05, 4.69) is 10.6 Å². The number of benzene rings is 1. The lowest BCUT2D eigenvalue weighted by atomic mass is 9.92. The van der Waals surface area contributed by atoms with Gasteiger partial charge in [-0.2, -0.15) is 0 Å². The van der Waals surface area contributed by atoms with Gasteiger partial charge in [-0.1, -0.05) is 26.0 Å². The van der Waals surface area contributed by atoms with Crippen LogP contribution in [0.2, 0.25) is 0 Å². The first-order valence-corrected chi connectivity index (χ1v) is 11.0. The summed E-state index contributed by atoms with van der Waals surface area (Å²) in [6.07, 6.45) is 1.99. The molecule has 1 aromatic carbocycles. The Morgan fingerprint density at radius 2 is 1.79 bits per heavy atom. The number of amides is 3. The fourth-order valence-corrected chi connectivity index (χ4v) is 3.57. The van der Waals surface area contributed by atoms with Gasteiger partial charge >= 0.3 is 0 Å². The summed E-state index contributed by atoms with van der Waals surface area (Å²) in [6, 6.07) is 9.62. The summed E-state index contributed by atoms with van der Waals surface area (Å²) in [7, 11) is 1.56. The van der Waals surface area contributed by atoms with Crippen molar-refractivity contribution in [3.05, 3.63) is 54.0 Å². The predicted molar refractivity (Wildman–Crippen MR) is 122 cm³/mol. The molecule has 0 fully saturated rings. The van der Waals surface area contributed by atoms with E-state index in [0.29, 0.717) is 11.5 Å². The van der Waals surface area contributed by atoms with E-state index in [9.17, 15) is 14.4 Å². The van der Waals surface area contributed by atoms with Crippen LogP contribution in [0.5, 0.6) is 5.75 Å². The van der Waals surface area contributed by atoms with Crippen molar-refractivity contribution in [3.63, 3.8) is 0 Å². The molecule has 2 rings (SSSR count). The minimum atomic E-state index is -1.30. The van der Waals surface area contributed by atoms with Crippen LogP contribution in [0.25, 0.3) is 0 Å². The SMILES string of the molecule is COc1ccc(C[C@H](NC(=O)[C@H](CC(C)C)[C@@H](Cl)C(=O)NO)C(=O)NCc2ccco2)cc1. The lowest BCUT2D eigenvalue weighted by Gasteiger charge is -2.25. The normalized spacial score (nSPS) is 13.6. The Kier molecular flexibility index (Phi) is 10.2. The predicted octanol–water partition coefficient (Wildman–Crippen LogP) is 2.41. The summed E-state index contributed by atoms with van der Waals surface area (Å²) in [5.74, 6) is -1.53. The van der Waals surface area contributed by atoms with Gasteiger partial charge < -0.3 is 19.8 Å². The highest BCUT2D eigenvalue weighted by Crippen LogP contribution is 2.21. The van der Waals surface area contributed by atoms with Crippen molar-refractivity contribution in [2.45, 2.75) is 44.7 Å². The second-order valence-corrected chi connectivity index (χ2v) is 8.49. The third-order valence-corrected chi connectivity index (χ3v) is 5.53. The number of nitrogens with one attached hydrogen (secondary N) is 3. The third-order valence-electron chi connectivity index (χ3n) is 5.02. The van der Waals surface area contributed by atoms with Crippen LogP contribution in [0.4, 0.5) is 0 Å². The van der Waals surface area contributed by atoms with E-state index in [1.165, 1.54) is 11.7 Å². The summed E-state index contributed by atoms with van der Waals surface area (Å²) < 4.78 is 10.4. The van der Waals surface area contributed by atoms with Gasteiger partial charge in [0.25, 0.3) is 5.91 Å². The molecular formula is C23H30ClN3O6. The Labute approximate surface area is 197 Å². The summed E-state index contributed by atoms with van der Waals surface area (Å²) in [5.41, 5.74) is 2.28. The molecule has 1 heterocycles. The van der Waals surface area contributed by atoms with Crippen molar-refractivity contribution in [2.75, 3.05) is 7.11 Å². The van der Waals surface area contributed by atoms with Gasteiger partial charge in [0.2, 0.25) is 11.8 Å². The molecule has 2 aromatic rings. The molecule has 0 spiro atoms. The lowest BCUT2D eigenvalue weighted by molar-refractivity contribution is -0.136. The Morgan fingerprint density at radius 3 is 2.33 bits per heavy atom. The summed E-state index contributed by atoms with van der Waals surface area (Å²) in [6.45, 7) is 3.92. The Morgan fingerprint density at radius 1 is 1.09 bits per heavy atom. The van der Waals surface area contributed by atoms with Crippen LogP contribution in [0.3, 0.4) is 0 Å². The topological polar surface area (TPSA) is 130 Å². The first-order valence-electron chi connectivity index (χ1n) is 10.6. The molecule has 3 amide bonds. The quantitative estimate of drug-likeness (QED) is 0.210. The molecule has 0 saturated heterocycles. The zero-order chi connectivity index (χ0) is 24.4. The standard InChI is InChI=1S/C23H30ClN3O6/c1-14(2)11-18(20(24)23(30)27-31)21(28)26-19(12-15-6-8-16(32-3)9-7-15)22(29)25-13-17-5-4-10-33-17/h4-10,14,18-20,31H,11-13H2,1-3H3,(H,25,29)(H,26,28)(H,27,30)/t18-,19+,20-/m1/s1. The van der Waals surface area contributed by atoms with Crippen molar-refractivity contribution in [2.24, 2.45) is 11.8 Å². The second-order valence-electron chi connectivity index (χ2n) is 8.02. The number of carbonyl (C=O) groups is 3. The van der Waals surface area contributed by atoms with E-state index in [1.54, 1.807) is 43.5 Å². The molecule has 0 radical (unpaired) electrons. The molecule has 0 bridgehead atoms. The molecule has 0 saturated carbocycles. The van der Waals surface area contributed by atoms with Gasteiger partial charge in [-0.3, -0.25) is 19.6 Å². The molecule has 0 aliphatic rings. The van der Waals surface area contributed by atoms with Crippen LogP contribution >= 0.6 is 11.6 Å².